The highest BCUT2D eigenvalue weighted by Gasteiger charge is 2.35. The van der Waals surface area contributed by atoms with Gasteiger partial charge in [0.15, 0.2) is 5.89 Å². The van der Waals surface area contributed by atoms with Gasteiger partial charge in [0.2, 0.25) is 5.91 Å². The van der Waals surface area contributed by atoms with E-state index in [1.807, 2.05) is 43.9 Å². The quantitative estimate of drug-likeness (QED) is 0.241. The molecule has 0 unspecified atom stereocenters. The third kappa shape index (κ3) is 7.99. The molecule has 11 nitrogen and oxygen atoms in total. The van der Waals surface area contributed by atoms with Crippen LogP contribution < -0.4 is 9.64 Å². The number of aryl methyl sites for hydroxylation is 1. The summed E-state index contributed by atoms with van der Waals surface area (Å²) in [5.41, 5.74) is 3.64. The number of amides is 2. The first-order valence-electron chi connectivity index (χ1n) is 17.6. The van der Waals surface area contributed by atoms with E-state index < -0.39 is 0 Å². The number of oxazole rings is 1. The highest BCUT2D eigenvalue weighted by Crippen LogP contribution is 2.38. The van der Waals surface area contributed by atoms with Crippen LogP contribution in [-0.4, -0.2) is 77.9 Å². The number of carbonyl (C=O) groups excluding carboxylic acids is 2. The molecule has 0 spiro atoms. The second-order valence-electron chi connectivity index (χ2n) is 13.8. The summed E-state index contributed by atoms with van der Waals surface area (Å²) in [6.45, 7) is 8.88. The zero-order valence-electron chi connectivity index (χ0n) is 28.7. The molecule has 0 N–H and O–H groups in total. The molecule has 3 aromatic rings. The molecule has 3 fully saturated rings. The monoisotopic (exact) mass is 659 g/mol. The summed E-state index contributed by atoms with van der Waals surface area (Å²) in [5.74, 6) is 2.99. The lowest BCUT2D eigenvalue weighted by Crippen LogP contribution is -2.44. The number of rotatable bonds is 9. The van der Waals surface area contributed by atoms with Crippen molar-refractivity contribution in [3.8, 4) is 17.0 Å². The van der Waals surface area contributed by atoms with Crippen molar-refractivity contribution < 1.29 is 28.2 Å². The zero-order valence-corrected chi connectivity index (χ0v) is 28.7. The summed E-state index contributed by atoms with van der Waals surface area (Å²) >= 11 is 0. The van der Waals surface area contributed by atoms with Crippen molar-refractivity contribution in [3.63, 3.8) is 0 Å². The van der Waals surface area contributed by atoms with Gasteiger partial charge in [-0.3, -0.25) is 14.7 Å². The van der Waals surface area contributed by atoms with Gasteiger partial charge in [-0.15, -0.1) is 0 Å². The Balaban J connectivity index is 1.15. The van der Waals surface area contributed by atoms with Gasteiger partial charge in [-0.25, -0.2) is 14.8 Å². The van der Waals surface area contributed by atoms with Gasteiger partial charge in [-0.1, -0.05) is 13.8 Å². The van der Waals surface area contributed by atoms with Gasteiger partial charge in [-0.05, 0) is 88.5 Å². The summed E-state index contributed by atoms with van der Waals surface area (Å²) in [4.78, 5) is 44.9. The summed E-state index contributed by atoms with van der Waals surface area (Å²) in [6, 6.07) is 7.98. The molecule has 258 valence electrons. The largest absolute Gasteiger partial charge is 0.495 e. The van der Waals surface area contributed by atoms with E-state index in [4.69, 9.17) is 28.6 Å². The highest BCUT2D eigenvalue weighted by molar-refractivity contribution is 5.94. The fourth-order valence-electron chi connectivity index (χ4n) is 7.23. The Hall–Kier alpha value is -3.99. The standard InChI is InChI=1S/C37H49N5O6/c1-24(2)35-40-32(23-47-35)29-15-16-38-34(21-29)42(22-26-5-7-27(8-6-26)31-13-14-33(45-4)25(3)39-31)36(43)28-9-11-30(12-10-28)48-37(44)41-17-19-46-20-18-41/h13-16,21,23-24,26-28,30H,5-12,17-20,22H2,1-4H3. The van der Waals surface area contributed by atoms with Gasteiger partial charge >= 0.3 is 6.09 Å². The van der Waals surface area contributed by atoms with E-state index in [1.54, 1.807) is 24.5 Å². The van der Waals surface area contributed by atoms with Crippen LogP contribution in [0.2, 0.25) is 0 Å². The number of anilines is 1. The second kappa shape index (κ2) is 15.5. The van der Waals surface area contributed by atoms with Crippen molar-refractivity contribution in [1.82, 2.24) is 19.9 Å². The summed E-state index contributed by atoms with van der Waals surface area (Å²) < 4.78 is 22.3. The van der Waals surface area contributed by atoms with Crippen molar-refractivity contribution in [2.24, 2.45) is 11.8 Å². The van der Waals surface area contributed by atoms with Crippen molar-refractivity contribution in [1.29, 1.82) is 0 Å². The molecular weight excluding hydrogens is 610 g/mol. The summed E-state index contributed by atoms with van der Waals surface area (Å²) in [7, 11) is 1.67. The molecular formula is C37H49N5O6. The van der Waals surface area contributed by atoms with Crippen LogP contribution in [0.3, 0.4) is 0 Å². The molecule has 0 bridgehead atoms. The molecule has 4 heterocycles. The number of methoxy groups -OCH3 is 1. The smallest absolute Gasteiger partial charge is 0.410 e. The second-order valence-corrected chi connectivity index (χ2v) is 13.8. The normalized spacial score (nSPS) is 23.1. The topological polar surface area (TPSA) is 120 Å². The lowest BCUT2D eigenvalue weighted by molar-refractivity contribution is -0.124. The van der Waals surface area contributed by atoms with Crippen LogP contribution in [0.15, 0.2) is 41.1 Å². The van der Waals surface area contributed by atoms with Gasteiger partial charge in [0.05, 0.1) is 26.0 Å². The van der Waals surface area contributed by atoms with Crippen molar-refractivity contribution in [2.45, 2.75) is 90.1 Å². The molecule has 0 atom stereocenters. The Kier molecular flexibility index (Phi) is 10.9. The number of pyridine rings is 2. The Labute approximate surface area is 283 Å². The molecule has 1 aliphatic heterocycles. The molecule has 6 rings (SSSR count). The molecule has 2 saturated carbocycles. The first-order valence-corrected chi connectivity index (χ1v) is 17.6. The van der Waals surface area contributed by atoms with Gasteiger partial charge in [0.1, 0.15) is 29.6 Å². The Morgan fingerprint density at radius 3 is 2.42 bits per heavy atom. The summed E-state index contributed by atoms with van der Waals surface area (Å²) in [6.07, 6.45) is 9.73. The summed E-state index contributed by atoms with van der Waals surface area (Å²) in [5, 5.41) is 0. The number of nitrogens with zero attached hydrogens (tertiary/aromatic N) is 5. The van der Waals surface area contributed by atoms with Crippen LogP contribution in [0, 0.1) is 18.8 Å². The molecule has 0 aromatic carbocycles. The number of hydrogen-bond donors (Lipinski definition) is 0. The zero-order chi connectivity index (χ0) is 33.6. The van der Waals surface area contributed by atoms with E-state index in [0.29, 0.717) is 82.1 Å². The maximum Gasteiger partial charge on any atom is 0.410 e. The SMILES string of the molecule is COc1ccc(C2CCC(CN(C(=O)C3CCC(OC(=O)N4CCOCC4)CC3)c3cc(-c4coc(C(C)C)n4)ccn3)CC2)nc1C. The number of aromatic nitrogens is 3. The maximum atomic E-state index is 14.4. The van der Waals surface area contributed by atoms with E-state index in [-0.39, 0.29) is 29.9 Å². The Morgan fingerprint density at radius 2 is 1.75 bits per heavy atom. The van der Waals surface area contributed by atoms with Gasteiger partial charge in [0.25, 0.3) is 0 Å². The fraction of sp³-hybridized carbons (Fsp3) is 0.595. The van der Waals surface area contributed by atoms with Crippen LogP contribution in [0.5, 0.6) is 5.75 Å². The number of hydrogen-bond acceptors (Lipinski definition) is 9. The van der Waals surface area contributed by atoms with E-state index in [0.717, 1.165) is 54.1 Å². The van der Waals surface area contributed by atoms with Gasteiger partial charge in [0, 0.05) is 54.8 Å². The van der Waals surface area contributed by atoms with E-state index in [9.17, 15) is 9.59 Å². The average Bonchev–Trinajstić information content (AvgIpc) is 3.63. The van der Waals surface area contributed by atoms with Crippen LogP contribution in [-0.2, 0) is 14.3 Å². The lowest BCUT2D eigenvalue weighted by Gasteiger charge is -2.36. The molecule has 2 amide bonds. The Morgan fingerprint density at radius 1 is 1.00 bits per heavy atom. The van der Waals surface area contributed by atoms with Crippen LogP contribution in [0.4, 0.5) is 10.6 Å². The number of ether oxygens (including phenoxy) is 3. The van der Waals surface area contributed by atoms with Gasteiger partial charge < -0.3 is 23.5 Å². The minimum absolute atomic E-state index is 0.0928. The van der Waals surface area contributed by atoms with Crippen molar-refractivity contribution >= 4 is 17.8 Å². The molecule has 0 radical (unpaired) electrons. The van der Waals surface area contributed by atoms with Crippen LogP contribution in [0.25, 0.3) is 11.3 Å². The van der Waals surface area contributed by atoms with Gasteiger partial charge in [-0.2, -0.15) is 0 Å². The minimum Gasteiger partial charge on any atom is -0.495 e. The van der Waals surface area contributed by atoms with Crippen LogP contribution >= 0.6 is 0 Å². The van der Waals surface area contributed by atoms with E-state index >= 15 is 0 Å². The highest BCUT2D eigenvalue weighted by atomic mass is 16.6. The first kappa shape index (κ1) is 33.9. The molecule has 2 aliphatic carbocycles. The first-order chi connectivity index (χ1) is 23.3. The molecule has 3 aliphatic rings. The molecule has 3 aromatic heterocycles. The predicted octanol–water partition coefficient (Wildman–Crippen LogP) is 6.91. The van der Waals surface area contributed by atoms with E-state index in [1.165, 1.54) is 0 Å². The predicted molar refractivity (Wildman–Crippen MR) is 181 cm³/mol. The molecule has 48 heavy (non-hydrogen) atoms. The molecule has 1 saturated heterocycles. The number of morpholine rings is 1. The maximum absolute atomic E-state index is 14.4. The third-order valence-corrected chi connectivity index (χ3v) is 10.1. The number of carbonyl (C=O) groups is 2. The Bertz CT molecular complexity index is 1540. The van der Waals surface area contributed by atoms with Crippen molar-refractivity contribution in [3.05, 3.63) is 54.0 Å². The third-order valence-electron chi connectivity index (χ3n) is 10.1. The molecule has 11 heteroatoms. The van der Waals surface area contributed by atoms with E-state index in [2.05, 4.69) is 11.1 Å². The van der Waals surface area contributed by atoms with Crippen molar-refractivity contribution in [2.75, 3.05) is 44.9 Å². The lowest BCUT2D eigenvalue weighted by atomic mass is 9.79. The fourth-order valence-corrected chi connectivity index (χ4v) is 7.23. The van der Waals surface area contributed by atoms with Crippen LogP contribution in [0.1, 0.15) is 94.3 Å². The minimum atomic E-state index is -0.278. The average molecular weight is 660 g/mol.